The van der Waals surface area contributed by atoms with Gasteiger partial charge >= 0.3 is 0 Å². The van der Waals surface area contributed by atoms with Gasteiger partial charge in [0.15, 0.2) is 0 Å². The van der Waals surface area contributed by atoms with Crippen LogP contribution < -0.4 is 0 Å². The van der Waals surface area contributed by atoms with Crippen LogP contribution in [0.25, 0.3) is 0 Å². The molecule has 4 heteroatoms. The van der Waals surface area contributed by atoms with Crippen molar-refractivity contribution >= 4 is 7.52 Å². The van der Waals surface area contributed by atoms with E-state index in [1.807, 2.05) is 20.8 Å². The molecule has 0 amide bonds. The van der Waals surface area contributed by atoms with Gasteiger partial charge in [0, 0.05) is 13.1 Å². The zero-order chi connectivity index (χ0) is 12.6. The first-order chi connectivity index (χ1) is 7.06. The Balaban J connectivity index is 2.92. The third kappa shape index (κ3) is 3.09. The average Bonchev–Trinajstić information content (AvgIpc) is 2.04. The molecule has 1 aliphatic heterocycles. The van der Waals surface area contributed by atoms with Crippen molar-refractivity contribution in [2.24, 2.45) is 5.41 Å². The predicted octanol–water partition coefficient (Wildman–Crippen LogP) is 3.75. The maximum atomic E-state index is 13.0. The van der Waals surface area contributed by atoms with Gasteiger partial charge in [-0.05, 0) is 32.6 Å². The third-order valence-electron chi connectivity index (χ3n) is 2.70. The molecule has 0 radical (unpaired) electrons. The Morgan fingerprint density at radius 3 is 2.19 bits per heavy atom. The highest BCUT2D eigenvalue weighted by molar-refractivity contribution is 7.58. The van der Waals surface area contributed by atoms with Gasteiger partial charge in [0.1, 0.15) is 0 Å². The van der Waals surface area contributed by atoms with Crippen LogP contribution in [0.3, 0.4) is 0 Å². The first kappa shape index (κ1) is 14.2. The van der Waals surface area contributed by atoms with E-state index in [0.29, 0.717) is 6.61 Å². The molecule has 0 spiro atoms. The molecule has 0 aromatic rings. The number of nitrogens with zero attached hydrogens (tertiary/aromatic N) is 1. The minimum atomic E-state index is -2.67. The van der Waals surface area contributed by atoms with Crippen LogP contribution in [0.15, 0.2) is 0 Å². The van der Waals surface area contributed by atoms with Gasteiger partial charge in [-0.3, -0.25) is 4.57 Å². The summed E-state index contributed by atoms with van der Waals surface area (Å²) in [5, 5.41) is -0.293. The summed E-state index contributed by atoms with van der Waals surface area (Å²) in [5.74, 6) is 0. The van der Waals surface area contributed by atoms with Crippen LogP contribution in [0.1, 0.15) is 48.0 Å². The molecule has 1 aliphatic rings. The Morgan fingerprint density at radius 1 is 1.19 bits per heavy atom. The van der Waals surface area contributed by atoms with Gasteiger partial charge in [-0.15, -0.1) is 0 Å². The maximum Gasteiger partial charge on any atom is 0.277 e. The molecular formula is C12H26NO2P. The molecule has 0 aromatic heterocycles. The largest absolute Gasteiger partial charge is 0.317 e. The molecule has 1 heterocycles. The zero-order valence-electron chi connectivity index (χ0n) is 11.5. The lowest BCUT2D eigenvalue weighted by atomic mass is 9.97. The van der Waals surface area contributed by atoms with E-state index in [1.54, 1.807) is 0 Å². The lowest BCUT2D eigenvalue weighted by Crippen LogP contribution is -2.40. The first-order valence-electron chi connectivity index (χ1n) is 6.06. The average molecular weight is 247 g/mol. The van der Waals surface area contributed by atoms with E-state index >= 15 is 0 Å². The summed E-state index contributed by atoms with van der Waals surface area (Å²) in [4.78, 5) is 0. The lowest BCUT2D eigenvalue weighted by Gasteiger charge is -2.44. The van der Waals surface area contributed by atoms with Crippen molar-refractivity contribution in [3.8, 4) is 0 Å². The normalized spacial score (nSPS) is 29.4. The molecular weight excluding hydrogens is 221 g/mol. The molecule has 1 saturated heterocycles. The SMILES string of the molecule is CC(C)(C)CN1CCCOP1(=O)C(C)(C)C. The van der Waals surface area contributed by atoms with E-state index < -0.39 is 7.52 Å². The second kappa shape index (κ2) is 4.44. The fourth-order valence-corrected chi connectivity index (χ4v) is 4.78. The molecule has 1 fully saturated rings. The highest BCUT2D eigenvalue weighted by Crippen LogP contribution is 2.63. The standard InChI is InChI=1S/C12H26NO2P/c1-11(2,3)10-13-8-7-9-15-16(13,14)12(4,5)6/h7-10H2,1-6H3. The molecule has 16 heavy (non-hydrogen) atoms. The van der Waals surface area contributed by atoms with Gasteiger partial charge in [-0.25, -0.2) is 4.67 Å². The number of hydrogen-bond donors (Lipinski definition) is 0. The van der Waals surface area contributed by atoms with Gasteiger partial charge in [-0.2, -0.15) is 0 Å². The molecule has 0 N–H and O–H groups in total. The van der Waals surface area contributed by atoms with Crippen molar-refractivity contribution in [3.05, 3.63) is 0 Å². The van der Waals surface area contributed by atoms with Crippen molar-refractivity contribution in [3.63, 3.8) is 0 Å². The van der Waals surface area contributed by atoms with Crippen molar-refractivity contribution in [2.75, 3.05) is 19.7 Å². The first-order valence-corrected chi connectivity index (χ1v) is 7.64. The quantitative estimate of drug-likeness (QED) is 0.661. The van der Waals surface area contributed by atoms with Crippen molar-refractivity contribution in [1.29, 1.82) is 0 Å². The van der Waals surface area contributed by atoms with Gasteiger partial charge in [0.25, 0.3) is 7.52 Å². The molecule has 96 valence electrons. The van der Waals surface area contributed by atoms with Gasteiger partial charge in [0.05, 0.1) is 11.8 Å². The third-order valence-corrected chi connectivity index (χ3v) is 6.02. The molecule has 0 aromatic carbocycles. The van der Waals surface area contributed by atoms with Crippen LogP contribution in [0.4, 0.5) is 0 Å². The Kier molecular flexibility index (Phi) is 3.94. The van der Waals surface area contributed by atoms with Gasteiger partial charge < -0.3 is 4.52 Å². The number of hydrogen-bond acceptors (Lipinski definition) is 2. The molecule has 3 nitrogen and oxygen atoms in total. The van der Waals surface area contributed by atoms with E-state index in [1.165, 1.54) is 0 Å². The maximum absolute atomic E-state index is 13.0. The van der Waals surface area contributed by atoms with Crippen molar-refractivity contribution in [2.45, 2.75) is 53.1 Å². The summed E-state index contributed by atoms with van der Waals surface area (Å²) in [6, 6.07) is 0. The van der Waals surface area contributed by atoms with Crippen LogP contribution in [-0.2, 0) is 9.09 Å². The van der Waals surface area contributed by atoms with Gasteiger partial charge in [0.2, 0.25) is 0 Å². The molecule has 0 bridgehead atoms. The smallest absolute Gasteiger partial charge is 0.277 e. The Hall–Kier alpha value is 0.150. The number of rotatable bonds is 1. The van der Waals surface area contributed by atoms with Crippen molar-refractivity contribution < 1.29 is 9.09 Å². The fourth-order valence-electron chi connectivity index (χ4n) is 1.99. The van der Waals surface area contributed by atoms with E-state index in [0.717, 1.165) is 19.5 Å². The highest BCUT2D eigenvalue weighted by Gasteiger charge is 2.46. The topological polar surface area (TPSA) is 29.5 Å². The Bertz CT molecular complexity index is 288. The Labute approximate surface area is 100 Å². The monoisotopic (exact) mass is 247 g/mol. The Morgan fingerprint density at radius 2 is 1.75 bits per heavy atom. The molecule has 1 atom stereocenters. The summed E-state index contributed by atoms with van der Waals surface area (Å²) < 4.78 is 20.7. The molecule has 0 aliphatic carbocycles. The van der Waals surface area contributed by atoms with E-state index in [-0.39, 0.29) is 10.6 Å². The molecule has 0 saturated carbocycles. The summed E-state index contributed by atoms with van der Waals surface area (Å²) >= 11 is 0. The molecule has 1 unspecified atom stereocenters. The molecule has 1 rings (SSSR count). The second-order valence-corrected chi connectivity index (χ2v) is 10.0. The second-order valence-electron chi connectivity index (χ2n) is 6.83. The van der Waals surface area contributed by atoms with Crippen molar-refractivity contribution in [1.82, 2.24) is 4.67 Å². The van der Waals surface area contributed by atoms with E-state index in [4.69, 9.17) is 4.52 Å². The van der Waals surface area contributed by atoms with Crippen LogP contribution in [0, 0.1) is 5.41 Å². The summed E-state index contributed by atoms with van der Waals surface area (Å²) in [6.45, 7) is 14.9. The van der Waals surface area contributed by atoms with Crippen LogP contribution in [0.5, 0.6) is 0 Å². The van der Waals surface area contributed by atoms with E-state index in [9.17, 15) is 4.57 Å². The fraction of sp³-hybridized carbons (Fsp3) is 1.00. The summed E-state index contributed by atoms with van der Waals surface area (Å²) in [7, 11) is -2.67. The van der Waals surface area contributed by atoms with Gasteiger partial charge in [-0.1, -0.05) is 20.8 Å². The summed E-state index contributed by atoms with van der Waals surface area (Å²) in [6.07, 6.45) is 0.982. The minimum absolute atomic E-state index is 0.154. The van der Waals surface area contributed by atoms with Crippen LogP contribution >= 0.6 is 7.52 Å². The highest BCUT2D eigenvalue weighted by atomic mass is 31.2. The summed E-state index contributed by atoms with van der Waals surface area (Å²) in [5.41, 5.74) is 0.154. The van der Waals surface area contributed by atoms with Crippen LogP contribution in [0.2, 0.25) is 0 Å². The minimum Gasteiger partial charge on any atom is -0.317 e. The lowest BCUT2D eigenvalue weighted by molar-refractivity contribution is 0.165. The van der Waals surface area contributed by atoms with E-state index in [2.05, 4.69) is 25.4 Å². The zero-order valence-corrected chi connectivity index (χ0v) is 12.4. The van der Waals surface area contributed by atoms with Crippen LogP contribution in [-0.4, -0.2) is 29.5 Å². The predicted molar refractivity (Wildman–Crippen MR) is 69.0 cm³/mol.